The largest absolute Gasteiger partial charge is 0.461 e. The minimum absolute atomic E-state index is 0.155. The van der Waals surface area contributed by atoms with Gasteiger partial charge in [-0.3, -0.25) is 4.79 Å². The van der Waals surface area contributed by atoms with Gasteiger partial charge in [0.15, 0.2) is 16.7 Å². The Hall–Kier alpha value is -2.57. The third kappa shape index (κ3) is 3.50. The Labute approximate surface area is 164 Å². The second kappa shape index (κ2) is 7.58. The van der Waals surface area contributed by atoms with E-state index in [1.54, 1.807) is 16.9 Å². The summed E-state index contributed by atoms with van der Waals surface area (Å²) in [6.07, 6.45) is 5.75. The maximum atomic E-state index is 12.4. The molecule has 27 heavy (non-hydrogen) atoms. The van der Waals surface area contributed by atoms with Gasteiger partial charge >= 0.3 is 0 Å². The minimum Gasteiger partial charge on any atom is -0.461 e. The second-order valence-electron chi connectivity index (χ2n) is 6.21. The van der Waals surface area contributed by atoms with E-state index in [1.165, 1.54) is 28.0 Å². The molecule has 9 heteroatoms. The first kappa shape index (κ1) is 17.8. The monoisotopic (exact) mass is 399 g/mol. The molecule has 0 saturated carbocycles. The standard InChI is InChI=1S/C18H17N5O2S2/c1-23-16(13-6-4-8-25-13)21-22-18(23)26-10-15(24)20-17-12(9-19)11-5-2-3-7-14(11)27-17/h4,6,8H,2-3,5,7,10H2,1H3,(H,20,24). The molecule has 0 saturated heterocycles. The lowest BCUT2D eigenvalue weighted by Crippen LogP contribution is -2.14. The van der Waals surface area contributed by atoms with Crippen LogP contribution in [0, 0.1) is 11.3 Å². The summed E-state index contributed by atoms with van der Waals surface area (Å²) in [6, 6.07) is 5.86. The lowest BCUT2D eigenvalue weighted by molar-refractivity contribution is -0.113. The molecule has 0 spiro atoms. The molecule has 0 bridgehead atoms. The van der Waals surface area contributed by atoms with E-state index in [4.69, 9.17) is 4.42 Å². The predicted molar refractivity (Wildman–Crippen MR) is 104 cm³/mol. The van der Waals surface area contributed by atoms with Crippen LogP contribution in [0.3, 0.4) is 0 Å². The van der Waals surface area contributed by atoms with Crippen molar-refractivity contribution in [3.63, 3.8) is 0 Å². The second-order valence-corrected chi connectivity index (χ2v) is 8.25. The smallest absolute Gasteiger partial charge is 0.235 e. The highest BCUT2D eigenvalue weighted by atomic mass is 32.2. The minimum atomic E-state index is -0.155. The maximum Gasteiger partial charge on any atom is 0.235 e. The highest BCUT2D eigenvalue weighted by Gasteiger charge is 2.22. The fraction of sp³-hybridized carbons (Fsp3) is 0.333. The van der Waals surface area contributed by atoms with Crippen molar-refractivity contribution in [1.82, 2.24) is 14.8 Å². The molecule has 0 unspecified atom stereocenters. The number of hydrogen-bond donors (Lipinski definition) is 1. The van der Waals surface area contributed by atoms with Gasteiger partial charge in [0.1, 0.15) is 11.1 Å². The van der Waals surface area contributed by atoms with Gasteiger partial charge in [0.2, 0.25) is 5.91 Å². The number of thioether (sulfide) groups is 1. The summed E-state index contributed by atoms with van der Waals surface area (Å²) in [4.78, 5) is 13.6. The molecular formula is C18H17N5O2S2. The van der Waals surface area contributed by atoms with Crippen LogP contribution in [0.15, 0.2) is 28.0 Å². The van der Waals surface area contributed by atoms with Gasteiger partial charge in [-0.25, -0.2) is 0 Å². The summed E-state index contributed by atoms with van der Waals surface area (Å²) >= 11 is 2.83. The molecule has 3 aromatic heterocycles. The number of nitrogens with one attached hydrogen (secondary N) is 1. The molecule has 1 amide bonds. The first-order valence-electron chi connectivity index (χ1n) is 8.58. The van der Waals surface area contributed by atoms with Gasteiger partial charge in [-0.05, 0) is 43.4 Å². The highest BCUT2D eigenvalue weighted by molar-refractivity contribution is 7.99. The quantitative estimate of drug-likeness (QED) is 0.658. The van der Waals surface area contributed by atoms with Crippen molar-refractivity contribution in [3.05, 3.63) is 34.4 Å². The molecule has 3 heterocycles. The summed E-state index contributed by atoms with van der Waals surface area (Å²) in [7, 11) is 1.83. The molecule has 0 atom stereocenters. The Morgan fingerprint density at radius 1 is 1.44 bits per heavy atom. The van der Waals surface area contributed by atoms with Gasteiger partial charge < -0.3 is 14.3 Å². The number of fused-ring (bicyclic) bond motifs is 1. The number of carbonyl (C=O) groups excluding carboxylic acids is 1. The number of rotatable bonds is 5. The predicted octanol–water partition coefficient (Wildman–Crippen LogP) is 3.62. The van der Waals surface area contributed by atoms with Crippen molar-refractivity contribution in [1.29, 1.82) is 5.26 Å². The lowest BCUT2D eigenvalue weighted by atomic mass is 9.96. The van der Waals surface area contributed by atoms with Gasteiger partial charge in [0.25, 0.3) is 0 Å². The summed E-state index contributed by atoms with van der Waals surface area (Å²) in [6.45, 7) is 0. The summed E-state index contributed by atoms with van der Waals surface area (Å²) in [5.41, 5.74) is 1.75. The number of thiophene rings is 1. The highest BCUT2D eigenvalue weighted by Crippen LogP contribution is 2.37. The number of nitriles is 1. The molecule has 0 aromatic carbocycles. The molecule has 0 fully saturated rings. The van der Waals surface area contributed by atoms with E-state index in [-0.39, 0.29) is 11.7 Å². The average molecular weight is 400 g/mol. The molecule has 3 aromatic rings. The zero-order valence-corrected chi connectivity index (χ0v) is 16.3. The van der Waals surface area contributed by atoms with E-state index in [9.17, 15) is 10.1 Å². The van der Waals surface area contributed by atoms with Crippen LogP contribution in [0.2, 0.25) is 0 Å². The fourth-order valence-corrected chi connectivity index (χ4v) is 5.09. The van der Waals surface area contributed by atoms with Gasteiger partial charge in [0.05, 0.1) is 17.6 Å². The lowest BCUT2D eigenvalue weighted by Gasteiger charge is -2.09. The molecule has 4 rings (SSSR count). The number of aromatic nitrogens is 3. The number of amides is 1. The van der Waals surface area contributed by atoms with E-state index in [1.807, 2.05) is 13.1 Å². The van der Waals surface area contributed by atoms with E-state index in [0.29, 0.717) is 27.3 Å². The molecule has 1 aliphatic rings. The summed E-state index contributed by atoms with van der Waals surface area (Å²) < 4.78 is 7.14. The van der Waals surface area contributed by atoms with Gasteiger partial charge in [-0.1, -0.05) is 11.8 Å². The Balaban J connectivity index is 1.43. The third-order valence-electron chi connectivity index (χ3n) is 4.44. The fourth-order valence-electron chi connectivity index (χ4n) is 3.13. The third-order valence-corrected chi connectivity index (χ3v) is 6.67. The van der Waals surface area contributed by atoms with E-state index in [2.05, 4.69) is 21.6 Å². The number of hydrogen-bond acceptors (Lipinski definition) is 7. The number of nitrogens with zero attached hydrogens (tertiary/aromatic N) is 4. The molecular weight excluding hydrogens is 382 g/mol. The molecule has 7 nitrogen and oxygen atoms in total. The van der Waals surface area contributed by atoms with Crippen LogP contribution in [0.4, 0.5) is 5.00 Å². The van der Waals surface area contributed by atoms with Crippen molar-refractivity contribution in [2.45, 2.75) is 30.8 Å². The van der Waals surface area contributed by atoms with Gasteiger partial charge in [-0.15, -0.1) is 21.5 Å². The molecule has 1 aliphatic carbocycles. The number of anilines is 1. The number of carbonyl (C=O) groups is 1. The summed E-state index contributed by atoms with van der Waals surface area (Å²) in [5, 5.41) is 21.9. The van der Waals surface area contributed by atoms with Crippen LogP contribution >= 0.6 is 23.1 Å². The summed E-state index contributed by atoms with van der Waals surface area (Å²) in [5.74, 6) is 1.28. The normalized spacial score (nSPS) is 13.2. The van der Waals surface area contributed by atoms with Gasteiger partial charge in [0, 0.05) is 11.9 Å². The first-order chi connectivity index (χ1) is 13.2. The molecule has 0 aliphatic heterocycles. The Morgan fingerprint density at radius 3 is 3.07 bits per heavy atom. The first-order valence-corrected chi connectivity index (χ1v) is 10.4. The van der Waals surface area contributed by atoms with Crippen LogP contribution in [0.1, 0.15) is 28.8 Å². The zero-order valence-electron chi connectivity index (χ0n) is 14.7. The Bertz CT molecular complexity index is 1010. The van der Waals surface area contributed by atoms with Crippen molar-refractivity contribution in [2.24, 2.45) is 7.05 Å². The van der Waals surface area contributed by atoms with Crippen molar-refractivity contribution < 1.29 is 9.21 Å². The average Bonchev–Trinajstić information content (AvgIpc) is 3.38. The van der Waals surface area contributed by atoms with Crippen LogP contribution in [-0.4, -0.2) is 26.4 Å². The number of furan rings is 1. The molecule has 0 radical (unpaired) electrons. The van der Waals surface area contributed by atoms with E-state index >= 15 is 0 Å². The molecule has 138 valence electrons. The van der Waals surface area contributed by atoms with Gasteiger partial charge in [-0.2, -0.15) is 5.26 Å². The van der Waals surface area contributed by atoms with E-state index in [0.717, 1.165) is 31.2 Å². The van der Waals surface area contributed by atoms with Crippen LogP contribution < -0.4 is 5.32 Å². The van der Waals surface area contributed by atoms with Crippen molar-refractivity contribution in [3.8, 4) is 17.7 Å². The topological polar surface area (TPSA) is 96.7 Å². The molecule has 1 N–H and O–H groups in total. The van der Waals surface area contributed by atoms with Crippen molar-refractivity contribution in [2.75, 3.05) is 11.1 Å². The number of aryl methyl sites for hydroxylation is 1. The zero-order chi connectivity index (χ0) is 18.8. The maximum absolute atomic E-state index is 12.4. The Kier molecular flexibility index (Phi) is 5.01. The Morgan fingerprint density at radius 2 is 2.30 bits per heavy atom. The van der Waals surface area contributed by atoms with Crippen LogP contribution in [0.5, 0.6) is 0 Å². The van der Waals surface area contributed by atoms with Crippen LogP contribution in [0.25, 0.3) is 11.6 Å². The van der Waals surface area contributed by atoms with Crippen LogP contribution in [-0.2, 0) is 24.7 Å². The SMILES string of the molecule is Cn1c(SCC(=O)Nc2sc3c(c2C#N)CCCC3)nnc1-c1ccco1. The van der Waals surface area contributed by atoms with Crippen molar-refractivity contribution >= 4 is 34.0 Å². The van der Waals surface area contributed by atoms with E-state index < -0.39 is 0 Å².